The molecule has 1 aliphatic heterocycles. The Bertz CT molecular complexity index is 1470. The van der Waals surface area contributed by atoms with Crippen molar-refractivity contribution < 1.29 is 24.0 Å². The van der Waals surface area contributed by atoms with E-state index in [0.29, 0.717) is 41.1 Å². The number of anilines is 1. The van der Waals surface area contributed by atoms with Crippen molar-refractivity contribution in [3.63, 3.8) is 0 Å². The van der Waals surface area contributed by atoms with E-state index in [4.69, 9.17) is 16.3 Å². The first kappa shape index (κ1) is 28.3. The van der Waals surface area contributed by atoms with Gasteiger partial charge in [-0.3, -0.25) is 19.8 Å². The van der Waals surface area contributed by atoms with Crippen LogP contribution in [0.1, 0.15) is 47.8 Å². The van der Waals surface area contributed by atoms with Crippen molar-refractivity contribution in [1.82, 2.24) is 10.2 Å². The van der Waals surface area contributed by atoms with Crippen LogP contribution in [0.15, 0.2) is 78.4 Å². The first-order valence-electron chi connectivity index (χ1n) is 12.6. The topological polar surface area (TPSA) is 131 Å². The number of hydrogen-bond acceptors (Lipinski definition) is 6. The van der Waals surface area contributed by atoms with E-state index in [9.17, 15) is 24.5 Å². The molecule has 10 nitrogen and oxygen atoms in total. The number of nitrogens with zero attached hydrogens (tertiary/aromatic N) is 2. The number of rotatable bonds is 9. The molecule has 4 rings (SSSR count). The number of halogens is 1. The summed E-state index contributed by atoms with van der Waals surface area (Å²) >= 11 is 5.84. The van der Waals surface area contributed by atoms with Crippen LogP contribution in [-0.4, -0.2) is 40.9 Å². The van der Waals surface area contributed by atoms with Gasteiger partial charge in [0.25, 0.3) is 11.6 Å². The zero-order valence-corrected chi connectivity index (χ0v) is 22.6. The quantitative estimate of drug-likeness (QED) is 0.188. The third kappa shape index (κ3) is 5.97. The monoisotopic (exact) mass is 562 g/mol. The predicted molar refractivity (Wildman–Crippen MR) is 151 cm³/mol. The molecule has 1 unspecified atom stereocenters. The highest BCUT2D eigenvalue weighted by molar-refractivity contribution is 6.32. The number of ether oxygens (including phenoxy) is 1. The Hall–Kier alpha value is -4.70. The van der Waals surface area contributed by atoms with Crippen molar-refractivity contribution in [3.8, 4) is 0 Å². The number of nitrogens with one attached hydrogen (secondary N) is 2. The number of carbonyl (C=O) groups is 3. The fourth-order valence-corrected chi connectivity index (χ4v) is 4.62. The molecule has 0 bridgehead atoms. The summed E-state index contributed by atoms with van der Waals surface area (Å²) < 4.78 is 5.42. The van der Waals surface area contributed by atoms with Crippen LogP contribution in [0.5, 0.6) is 0 Å². The van der Waals surface area contributed by atoms with Crippen molar-refractivity contribution in [2.75, 3.05) is 18.5 Å². The SMILES string of the molecule is CCCN1C(=O)NC(c2ccc(NC(=O)c3ccc(Cl)c([N+](=O)[O-])c3)cc2)C(C(=O)OCC)=C1c1ccccc1. The number of nitro groups is 1. The normalized spacial score (nSPS) is 14.9. The Kier molecular flexibility index (Phi) is 8.80. The average Bonchev–Trinajstić information content (AvgIpc) is 2.95. The Morgan fingerprint density at radius 3 is 2.40 bits per heavy atom. The predicted octanol–water partition coefficient (Wildman–Crippen LogP) is 5.95. The van der Waals surface area contributed by atoms with Gasteiger partial charge in [-0.05, 0) is 48.7 Å². The summed E-state index contributed by atoms with van der Waals surface area (Å²) in [4.78, 5) is 51.4. The molecule has 2 N–H and O–H groups in total. The molecule has 0 fully saturated rings. The summed E-state index contributed by atoms with van der Waals surface area (Å²) in [6.45, 7) is 4.22. The molecule has 3 aromatic carbocycles. The molecule has 11 heteroatoms. The molecule has 206 valence electrons. The second kappa shape index (κ2) is 12.4. The molecule has 1 heterocycles. The minimum atomic E-state index is -0.807. The molecule has 40 heavy (non-hydrogen) atoms. The lowest BCUT2D eigenvalue weighted by atomic mass is 9.91. The lowest BCUT2D eigenvalue weighted by molar-refractivity contribution is -0.384. The van der Waals surface area contributed by atoms with Crippen LogP contribution in [0, 0.1) is 10.1 Å². The van der Waals surface area contributed by atoms with Crippen LogP contribution in [0.2, 0.25) is 5.02 Å². The van der Waals surface area contributed by atoms with Crippen molar-refractivity contribution in [2.45, 2.75) is 26.3 Å². The first-order chi connectivity index (χ1) is 19.2. The molecule has 0 saturated heterocycles. The molecule has 0 saturated carbocycles. The van der Waals surface area contributed by atoms with Gasteiger partial charge in [0.1, 0.15) is 5.02 Å². The molecule has 0 aromatic heterocycles. The maximum Gasteiger partial charge on any atom is 0.338 e. The van der Waals surface area contributed by atoms with Gasteiger partial charge in [-0.1, -0.05) is 61.0 Å². The number of urea groups is 1. The Morgan fingerprint density at radius 1 is 1.07 bits per heavy atom. The second-order valence-electron chi connectivity index (χ2n) is 8.88. The Morgan fingerprint density at radius 2 is 1.77 bits per heavy atom. The summed E-state index contributed by atoms with van der Waals surface area (Å²) in [6.07, 6.45) is 0.676. The van der Waals surface area contributed by atoms with Gasteiger partial charge in [-0.2, -0.15) is 0 Å². The molecule has 0 radical (unpaired) electrons. The molecule has 0 spiro atoms. The maximum atomic E-state index is 13.3. The van der Waals surface area contributed by atoms with Crippen molar-refractivity contribution in [3.05, 3.63) is 110 Å². The average molecular weight is 563 g/mol. The van der Waals surface area contributed by atoms with Gasteiger partial charge in [0.05, 0.1) is 28.8 Å². The summed E-state index contributed by atoms with van der Waals surface area (Å²) in [5, 5.41) is 16.7. The van der Waals surface area contributed by atoms with Crippen molar-refractivity contribution >= 4 is 46.6 Å². The fourth-order valence-electron chi connectivity index (χ4n) is 4.43. The molecule has 3 aromatic rings. The van der Waals surface area contributed by atoms with Crippen LogP contribution in [0.4, 0.5) is 16.2 Å². The third-order valence-corrected chi connectivity index (χ3v) is 6.54. The zero-order valence-electron chi connectivity index (χ0n) is 21.8. The number of benzene rings is 3. The smallest absolute Gasteiger partial charge is 0.338 e. The maximum absolute atomic E-state index is 13.3. The van der Waals surface area contributed by atoms with Crippen LogP contribution < -0.4 is 10.6 Å². The van der Waals surface area contributed by atoms with Gasteiger partial charge < -0.3 is 15.4 Å². The first-order valence-corrected chi connectivity index (χ1v) is 13.0. The standard InChI is InChI=1S/C29H27ClN4O6/c1-3-16-33-26(19-8-6-5-7-9-19)24(28(36)40-4-2)25(32-29(33)37)18-10-13-21(14-11-18)31-27(35)20-12-15-22(30)23(17-20)34(38)39/h5-15,17,25H,3-4,16H2,1-2H3,(H,31,35)(H,32,37). The van der Waals surface area contributed by atoms with Crippen LogP contribution in [-0.2, 0) is 9.53 Å². The van der Waals surface area contributed by atoms with E-state index in [1.54, 1.807) is 36.1 Å². The molecular weight excluding hydrogens is 536 g/mol. The fraction of sp³-hybridized carbons (Fsp3) is 0.207. The third-order valence-electron chi connectivity index (χ3n) is 6.22. The largest absolute Gasteiger partial charge is 0.463 e. The van der Waals surface area contributed by atoms with E-state index in [-0.39, 0.29) is 28.9 Å². The highest BCUT2D eigenvalue weighted by Crippen LogP contribution is 2.37. The minimum Gasteiger partial charge on any atom is -0.463 e. The van der Waals surface area contributed by atoms with E-state index >= 15 is 0 Å². The number of hydrogen-bond donors (Lipinski definition) is 2. The van der Waals surface area contributed by atoms with Crippen LogP contribution >= 0.6 is 11.6 Å². The highest BCUT2D eigenvalue weighted by atomic mass is 35.5. The van der Waals surface area contributed by atoms with E-state index in [1.165, 1.54) is 12.1 Å². The van der Waals surface area contributed by atoms with Gasteiger partial charge in [-0.25, -0.2) is 9.59 Å². The molecule has 1 atom stereocenters. The Labute approximate surface area is 235 Å². The van der Waals surface area contributed by atoms with Gasteiger partial charge in [0.2, 0.25) is 0 Å². The number of esters is 1. The van der Waals surface area contributed by atoms with Crippen molar-refractivity contribution in [1.29, 1.82) is 0 Å². The van der Waals surface area contributed by atoms with Gasteiger partial charge in [-0.15, -0.1) is 0 Å². The van der Waals surface area contributed by atoms with Crippen LogP contribution in [0.25, 0.3) is 5.70 Å². The van der Waals surface area contributed by atoms with E-state index in [0.717, 1.165) is 6.07 Å². The lowest BCUT2D eigenvalue weighted by Crippen LogP contribution is -2.48. The Balaban J connectivity index is 1.69. The molecule has 3 amide bonds. The minimum absolute atomic E-state index is 0.0655. The number of carbonyl (C=O) groups excluding carboxylic acids is 3. The van der Waals surface area contributed by atoms with E-state index in [2.05, 4.69) is 10.6 Å². The van der Waals surface area contributed by atoms with Gasteiger partial charge in [0.15, 0.2) is 0 Å². The van der Waals surface area contributed by atoms with Crippen molar-refractivity contribution in [2.24, 2.45) is 0 Å². The van der Waals surface area contributed by atoms with Crippen LogP contribution in [0.3, 0.4) is 0 Å². The molecule has 1 aliphatic rings. The van der Waals surface area contributed by atoms with Gasteiger partial charge in [0, 0.05) is 23.9 Å². The second-order valence-corrected chi connectivity index (χ2v) is 9.29. The summed E-state index contributed by atoms with van der Waals surface area (Å²) in [6, 6.07) is 18.4. The van der Waals surface area contributed by atoms with E-state index in [1.807, 2.05) is 37.3 Å². The zero-order chi connectivity index (χ0) is 28.8. The highest BCUT2D eigenvalue weighted by Gasteiger charge is 2.38. The number of nitro benzene ring substituents is 1. The summed E-state index contributed by atoms with van der Waals surface area (Å²) in [5.74, 6) is -1.11. The van der Waals surface area contributed by atoms with Gasteiger partial charge >= 0.3 is 12.0 Å². The van der Waals surface area contributed by atoms with E-state index < -0.39 is 22.8 Å². The lowest BCUT2D eigenvalue weighted by Gasteiger charge is -2.36. The molecular formula is C29H27ClN4O6. The summed E-state index contributed by atoms with van der Waals surface area (Å²) in [5.41, 5.74) is 2.19. The molecule has 0 aliphatic carbocycles. The summed E-state index contributed by atoms with van der Waals surface area (Å²) in [7, 11) is 0. The number of amides is 3.